The van der Waals surface area contributed by atoms with Crippen LogP contribution in [0, 0.1) is 11.7 Å². The van der Waals surface area contributed by atoms with E-state index in [1.165, 1.54) is 45.0 Å². The van der Waals surface area contributed by atoms with Crippen LogP contribution < -0.4 is 21.3 Å². The molecule has 3 aromatic carbocycles. The van der Waals surface area contributed by atoms with Crippen molar-refractivity contribution in [3.63, 3.8) is 0 Å². The molecule has 5 rings (SSSR count). The minimum Gasteiger partial charge on any atom is -0.332 e. The molecule has 2 fully saturated rings. The summed E-state index contributed by atoms with van der Waals surface area (Å²) in [4.78, 5) is 26.1. The molecule has 2 amide bonds. The number of hydrogen-bond donors (Lipinski definition) is 4. The molecule has 0 aromatic heterocycles. The summed E-state index contributed by atoms with van der Waals surface area (Å²) in [5, 5.41) is 11.0. The molecule has 0 radical (unpaired) electrons. The van der Waals surface area contributed by atoms with Gasteiger partial charge in [-0.25, -0.2) is 21.2 Å². The van der Waals surface area contributed by atoms with Gasteiger partial charge in [-0.15, -0.1) is 0 Å². The first-order chi connectivity index (χ1) is 25.5. The third kappa shape index (κ3) is 12.4. The molecule has 2 aliphatic rings. The van der Waals surface area contributed by atoms with E-state index in [1.807, 2.05) is 7.05 Å². The molecule has 0 unspecified atom stereocenters. The van der Waals surface area contributed by atoms with Crippen LogP contribution in [-0.2, 0) is 29.6 Å². The number of sulfonamides is 2. The first-order valence-corrected chi connectivity index (χ1v) is 20.8. The van der Waals surface area contributed by atoms with Crippen LogP contribution in [0.2, 0.25) is 0 Å². The van der Waals surface area contributed by atoms with Crippen molar-refractivity contribution in [3.8, 4) is 0 Å². The molecular weight excluding hydrogens is 774 g/mol. The van der Waals surface area contributed by atoms with E-state index in [4.69, 9.17) is 24.4 Å². The summed E-state index contributed by atoms with van der Waals surface area (Å²) < 4.78 is 66.2. The molecule has 0 bridgehead atoms. The van der Waals surface area contributed by atoms with Gasteiger partial charge >= 0.3 is 0 Å². The van der Waals surface area contributed by atoms with Crippen LogP contribution in [0.3, 0.4) is 0 Å². The van der Waals surface area contributed by atoms with Gasteiger partial charge in [-0.3, -0.25) is 14.9 Å². The summed E-state index contributed by atoms with van der Waals surface area (Å²) >= 11 is 10.2. The van der Waals surface area contributed by atoms with Gasteiger partial charge < -0.3 is 20.9 Å². The highest BCUT2D eigenvalue weighted by atomic mass is 32.2. The minimum atomic E-state index is -3.54. The lowest BCUT2D eigenvalue weighted by atomic mass is 10.2. The molecule has 0 aliphatic carbocycles. The summed E-state index contributed by atoms with van der Waals surface area (Å²) in [6.07, 6.45) is 4.63. The van der Waals surface area contributed by atoms with Crippen molar-refractivity contribution >= 4 is 84.0 Å². The zero-order valence-corrected chi connectivity index (χ0v) is 33.4. The maximum atomic E-state index is 12.9. The summed E-state index contributed by atoms with van der Waals surface area (Å²) in [5.74, 6) is -1.14. The van der Waals surface area contributed by atoms with Crippen molar-refractivity contribution in [1.29, 1.82) is 0 Å². The number of piperazine rings is 1. The van der Waals surface area contributed by atoms with Crippen molar-refractivity contribution in [2.24, 2.45) is 5.92 Å². The SMILES string of the molecule is CC(C)C(=O)NC(=S)Nc1ccc(S(=O)(=O)N2CCCC2)cc1.CN1CCN(S(=O)(=O)c2ccc(NC(=S)NC(=O)/C=C/c3ccc(F)cc3)cc2)CC1. The first kappa shape index (κ1) is 42.6. The first-order valence-electron chi connectivity index (χ1n) is 17.1. The Balaban J connectivity index is 0.000000252. The molecule has 2 heterocycles. The number of anilines is 2. The van der Waals surface area contributed by atoms with E-state index < -0.39 is 26.0 Å². The molecule has 3 aromatic rings. The quantitative estimate of drug-likeness (QED) is 0.181. The molecule has 13 nitrogen and oxygen atoms in total. The van der Waals surface area contributed by atoms with Crippen molar-refractivity contribution in [2.45, 2.75) is 36.5 Å². The predicted molar refractivity (Wildman–Crippen MR) is 216 cm³/mol. The third-order valence-electron chi connectivity index (χ3n) is 8.32. The number of thiocarbonyl (C=S) groups is 2. The number of amides is 2. The van der Waals surface area contributed by atoms with Gasteiger partial charge in [-0.05, 0) is 117 Å². The number of hydrogen-bond acceptors (Lipinski definition) is 9. The molecule has 0 saturated carbocycles. The number of carbonyl (C=O) groups is 2. The molecule has 2 aliphatic heterocycles. The molecule has 0 atom stereocenters. The summed E-state index contributed by atoms with van der Waals surface area (Å²) in [6.45, 7) is 7.01. The number of benzene rings is 3. The fourth-order valence-electron chi connectivity index (χ4n) is 5.16. The zero-order chi connectivity index (χ0) is 39.5. The number of nitrogens with zero attached hydrogens (tertiary/aromatic N) is 3. The highest BCUT2D eigenvalue weighted by Gasteiger charge is 2.28. The minimum absolute atomic E-state index is 0.0726. The second-order valence-electron chi connectivity index (χ2n) is 12.8. The summed E-state index contributed by atoms with van der Waals surface area (Å²) in [5.41, 5.74) is 1.84. The predicted octanol–water partition coefficient (Wildman–Crippen LogP) is 4.23. The maximum Gasteiger partial charge on any atom is 0.250 e. The van der Waals surface area contributed by atoms with E-state index in [-0.39, 0.29) is 37.7 Å². The van der Waals surface area contributed by atoms with E-state index in [0.29, 0.717) is 56.2 Å². The average molecular weight is 818 g/mol. The lowest BCUT2D eigenvalue weighted by Crippen LogP contribution is -2.46. The van der Waals surface area contributed by atoms with Crippen LogP contribution in [0.4, 0.5) is 15.8 Å². The molecule has 54 heavy (non-hydrogen) atoms. The highest BCUT2D eigenvalue weighted by molar-refractivity contribution is 7.89. The van der Waals surface area contributed by atoms with Gasteiger partial charge in [0.2, 0.25) is 31.9 Å². The Morgan fingerprint density at radius 2 is 1.13 bits per heavy atom. The average Bonchev–Trinajstić information content (AvgIpc) is 3.69. The van der Waals surface area contributed by atoms with Crippen molar-refractivity contribution in [1.82, 2.24) is 24.1 Å². The van der Waals surface area contributed by atoms with E-state index >= 15 is 0 Å². The van der Waals surface area contributed by atoms with Crippen LogP contribution in [0.25, 0.3) is 6.08 Å². The molecule has 18 heteroatoms. The normalized spacial score (nSPS) is 15.6. The van der Waals surface area contributed by atoms with Crippen molar-refractivity contribution in [3.05, 3.63) is 90.3 Å². The maximum absolute atomic E-state index is 12.9. The van der Waals surface area contributed by atoms with Crippen LogP contribution in [0.1, 0.15) is 32.3 Å². The zero-order valence-electron chi connectivity index (χ0n) is 30.1. The van der Waals surface area contributed by atoms with Gasteiger partial charge in [0.05, 0.1) is 9.79 Å². The topological polar surface area (TPSA) is 160 Å². The second kappa shape index (κ2) is 19.4. The lowest BCUT2D eigenvalue weighted by Gasteiger charge is -2.31. The van der Waals surface area contributed by atoms with E-state index in [1.54, 1.807) is 62.4 Å². The monoisotopic (exact) mass is 817 g/mol. The largest absolute Gasteiger partial charge is 0.332 e. The van der Waals surface area contributed by atoms with E-state index in [0.717, 1.165) is 12.8 Å². The number of likely N-dealkylation sites (N-methyl/N-ethyl adjacent to an activating group) is 1. The van der Waals surface area contributed by atoms with Gasteiger partial charge in [0, 0.05) is 62.6 Å². The van der Waals surface area contributed by atoms with Crippen molar-refractivity contribution < 1.29 is 30.8 Å². The van der Waals surface area contributed by atoms with Crippen LogP contribution in [0.5, 0.6) is 0 Å². The van der Waals surface area contributed by atoms with Gasteiger partial charge in [0.1, 0.15) is 5.82 Å². The number of nitrogens with one attached hydrogen (secondary N) is 4. The molecule has 0 spiro atoms. The Morgan fingerprint density at radius 3 is 1.59 bits per heavy atom. The van der Waals surface area contributed by atoms with Gasteiger partial charge in [0.15, 0.2) is 10.2 Å². The van der Waals surface area contributed by atoms with Gasteiger partial charge in [0.25, 0.3) is 0 Å². The summed E-state index contributed by atoms with van der Waals surface area (Å²) in [6, 6.07) is 18.3. The smallest absolute Gasteiger partial charge is 0.250 e. The summed E-state index contributed by atoms with van der Waals surface area (Å²) in [7, 11) is -4.99. The highest BCUT2D eigenvalue weighted by Crippen LogP contribution is 2.23. The Bertz CT molecular complexity index is 2030. The van der Waals surface area contributed by atoms with Crippen LogP contribution >= 0.6 is 24.4 Å². The lowest BCUT2D eigenvalue weighted by molar-refractivity contribution is -0.122. The standard InChI is InChI=1S/C21H23FN4O3S2.C15H21N3O3S2/c1-25-12-14-26(15-13-25)31(28,29)19-9-7-18(8-10-19)23-21(30)24-20(27)11-4-16-2-5-17(22)6-3-16;1-11(2)14(19)17-15(22)16-12-5-7-13(8-6-12)23(20,21)18-9-3-4-10-18/h2-11H,12-15H2,1H3,(H2,23,24,27,30);5-8,11H,3-4,9-10H2,1-2H3,(H2,16,17,19,22)/b11-4+;. The molecule has 4 N–H and O–H groups in total. The molecular formula is C36H44FN7O6S4. The van der Waals surface area contributed by atoms with E-state index in [9.17, 15) is 30.8 Å². The van der Waals surface area contributed by atoms with Gasteiger partial charge in [-0.1, -0.05) is 26.0 Å². The number of rotatable bonds is 9. The van der Waals surface area contributed by atoms with Crippen LogP contribution in [-0.4, -0.2) is 98.7 Å². The van der Waals surface area contributed by atoms with E-state index in [2.05, 4.69) is 26.2 Å². The third-order valence-corrected chi connectivity index (χ3v) is 12.6. The Hall–Kier alpha value is -4.17. The molecule has 290 valence electrons. The number of carbonyl (C=O) groups excluding carboxylic acids is 2. The molecule has 2 saturated heterocycles. The van der Waals surface area contributed by atoms with Crippen molar-refractivity contribution in [2.75, 3.05) is 56.9 Å². The Morgan fingerprint density at radius 1 is 0.685 bits per heavy atom. The Labute approximate surface area is 327 Å². The van der Waals surface area contributed by atoms with Gasteiger partial charge in [-0.2, -0.15) is 8.61 Å². The fraction of sp³-hybridized carbons (Fsp3) is 0.333. The Kier molecular flexibility index (Phi) is 15.3. The second-order valence-corrected chi connectivity index (χ2v) is 17.5. The fourth-order valence-corrected chi connectivity index (χ4v) is 8.53. The number of halogens is 1. The van der Waals surface area contributed by atoms with Crippen LogP contribution in [0.15, 0.2) is 88.7 Å².